The minimum Gasteiger partial charge on any atom is -0.489 e. The summed E-state index contributed by atoms with van der Waals surface area (Å²) in [6.45, 7) is 0.381. The third kappa shape index (κ3) is 5.04. The second-order valence-electron chi connectivity index (χ2n) is 5.95. The summed E-state index contributed by atoms with van der Waals surface area (Å²) >= 11 is 5.90. The summed E-state index contributed by atoms with van der Waals surface area (Å²) in [6.07, 6.45) is -4.53. The lowest BCUT2D eigenvalue weighted by molar-refractivity contribution is -0.137. The Labute approximate surface area is 164 Å². The molecule has 28 heavy (non-hydrogen) atoms. The van der Waals surface area contributed by atoms with Crippen molar-refractivity contribution >= 4 is 23.2 Å². The number of hydrogen-bond donors (Lipinski definition) is 1. The van der Waals surface area contributed by atoms with E-state index in [1.165, 1.54) is 12.1 Å². The van der Waals surface area contributed by atoms with Gasteiger partial charge in [0.05, 0.1) is 16.3 Å². The molecular formula is C21H15ClF3NO2. The highest BCUT2D eigenvalue weighted by molar-refractivity contribution is 6.34. The van der Waals surface area contributed by atoms with Gasteiger partial charge in [-0.3, -0.25) is 4.79 Å². The maximum absolute atomic E-state index is 12.8. The van der Waals surface area contributed by atoms with Gasteiger partial charge in [-0.05, 0) is 48.0 Å². The SMILES string of the molecule is O=C(Nc1cc(C(F)(F)F)ccc1Cl)c1ccc(OCc2ccccc2)cc1. The summed E-state index contributed by atoms with van der Waals surface area (Å²) in [5, 5.41) is 2.42. The lowest BCUT2D eigenvalue weighted by Crippen LogP contribution is -2.13. The summed E-state index contributed by atoms with van der Waals surface area (Å²) in [7, 11) is 0. The van der Waals surface area contributed by atoms with Gasteiger partial charge in [-0.2, -0.15) is 13.2 Å². The number of rotatable bonds is 5. The van der Waals surface area contributed by atoms with Crippen LogP contribution in [0.2, 0.25) is 5.02 Å². The molecule has 0 aliphatic rings. The van der Waals surface area contributed by atoms with E-state index in [0.717, 1.165) is 23.8 Å². The topological polar surface area (TPSA) is 38.3 Å². The molecule has 0 atom stereocenters. The van der Waals surface area contributed by atoms with Gasteiger partial charge in [0.1, 0.15) is 12.4 Å². The Kier molecular flexibility index (Phi) is 5.90. The van der Waals surface area contributed by atoms with E-state index in [9.17, 15) is 18.0 Å². The van der Waals surface area contributed by atoms with Gasteiger partial charge < -0.3 is 10.1 Å². The van der Waals surface area contributed by atoms with Crippen LogP contribution in [0.4, 0.5) is 18.9 Å². The molecule has 0 saturated carbocycles. The monoisotopic (exact) mass is 405 g/mol. The van der Waals surface area contributed by atoms with Crippen LogP contribution in [0.1, 0.15) is 21.5 Å². The van der Waals surface area contributed by atoms with E-state index in [1.807, 2.05) is 30.3 Å². The molecule has 0 spiro atoms. The highest BCUT2D eigenvalue weighted by Crippen LogP contribution is 2.34. The summed E-state index contributed by atoms with van der Waals surface area (Å²) in [5.74, 6) is -0.00617. The van der Waals surface area contributed by atoms with E-state index < -0.39 is 17.6 Å². The summed E-state index contributed by atoms with van der Waals surface area (Å²) in [6, 6.07) is 18.6. The number of alkyl halides is 3. The first-order chi connectivity index (χ1) is 13.3. The number of ether oxygens (including phenoxy) is 1. The summed E-state index contributed by atoms with van der Waals surface area (Å²) in [5.41, 5.74) is 0.270. The van der Waals surface area contributed by atoms with Crippen LogP contribution in [-0.4, -0.2) is 5.91 Å². The van der Waals surface area contributed by atoms with Gasteiger partial charge in [-0.1, -0.05) is 41.9 Å². The van der Waals surface area contributed by atoms with Gasteiger partial charge in [0.25, 0.3) is 5.91 Å². The molecule has 0 saturated heterocycles. The fraction of sp³-hybridized carbons (Fsp3) is 0.0952. The maximum Gasteiger partial charge on any atom is 0.416 e. The molecule has 144 valence electrons. The van der Waals surface area contributed by atoms with Crippen molar-refractivity contribution in [3.05, 3.63) is 94.5 Å². The molecule has 0 unspecified atom stereocenters. The molecule has 0 heterocycles. The molecule has 1 amide bonds. The van der Waals surface area contributed by atoms with Gasteiger partial charge in [-0.25, -0.2) is 0 Å². The molecule has 0 aliphatic carbocycles. The number of carbonyl (C=O) groups is 1. The number of anilines is 1. The van der Waals surface area contributed by atoms with Gasteiger partial charge in [0.15, 0.2) is 0 Å². The largest absolute Gasteiger partial charge is 0.489 e. The smallest absolute Gasteiger partial charge is 0.416 e. The molecule has 3 nitrogen and oxygen atoms in total. The zero-order valence-corrected chi connectivity index (χ0v) is 15.2. The molecule has 0 aromatic heterocycles. The van der Waals surface area contributed by atoms with Crippen LogP contribution in [-0.2, 0) is 12.8 Å². The third-order valence-electron chi connectivity index (χ3n) is 3.91. The Morgan fingerprint density at radius 1 is 0.964 bits per heavy atom. The fourth-order valence-corrected chi connectivity index (χ4v) is 2.60. The second-order valence-corrected chi connectivity index (χ2v) is 6.35. The molecule has 0 bridgehead atoms. The quantitative estimate of drug-likeness (QED) is 0.549. The molecule has 7 heteroatoms. The molecule has 0 fully saturated rings. The number of benzene rings is 3. The van der Waals surface area contributed by atoms with E-state index >= 15 is 0 Å². The van der Waals surface area contributed by atoms with E-state index in [-0.39, 0.29) is 16.3 Å². The molecule has 0 radical (unpaired) electrons. The number of halogens is 4. The lowest BCUT2D eigenvalue weighted by Gasteiger charge is -2.12. The van der Waals surface area contributed by atoms with Crippen molar-refractivity contribution in [3.63, 3.8) is 0 Å². The van der Waals surface area contributed by atoms with Crippen LogP contribution in [0.3, 0.4) is 0 Å². The molecule has 1 N–H and O–H groups in total. The minimum atomic E-state index is -4.53. The zero-order valence-electron chi connectivity index (χ0n) is 14.5. The van der Waals surface area contributed by atoms with Crippen LogP contribution >= 0.6 is 11.6 Å². The van der Waals surface area contributed by atoms with Crippen LogP contribution in [0, 0.1) is 0 Å². The lowest BCUT2D eigenvalue weighted by atomic mass is 10.1. The predicted molar refractivity (Wildman–Crippen MR) is 102 cm³/mol. The Hall–Kier alpha value is -2.99. The van der Waals surface area contributed by atoms with E-state index in [4.69, 9.17) is 16.3 Å². The Morgan fingerprint density at radius 2 is 1.64 bits per heavy atom. The number of amides is 1. The van der Waals surface area contributed by atoms with Crippen molar-refractivity contribution in [2.45, 2.75) is 12.8 Å². The number of carbonyl (C=O) groups excluding carboxylic acids is 1. The molecular weight excluding hydrogens is 391 g/mol. The van der Waals surface area contributed by atoms with Crippen molar-refractivity contribution in [2.75, 3.05) is 5.32 Å². The van der Waals surface area contributed by atoms with Crippen LogP contribution < -0.4 is 10.1 Å². The first kappa shape index (κ1) is 19.8. The van der Waals surface area contributed by atoms with Crippen LogP contribution in [0.15, 0.2) is 72.8 Å². The fourth-order valence-electron chi connectivity index (χ4n) is 2.44. The van der Waals surface area contributed by atoms with Crippen molar-refractivity contribution in [2.24, 2.45) is 0 Å². The van der Waals surface area contributed by atoms with Gasteiger partial charge in [0.2, 0.25) is 0 Å². The number of nitrogens with one attached hydrogen (secondary N) is 1. The first-order valence-corrected chi connectivity index (χ1v) is 8.65. The van der Waals surface area contributed by atoms with Crippen LogP contribution in [0.5, 0.6) is 5.75 Å². The summed E-state index contributed by atoms with van der Waals surface area (Å²) in [4.78, 5) is 12.3. The highest BCUT2D eigenvalue weighted by atomic mass is 35.5. The second kappa shape index (κ2) is 8.35. The molecule has 3 rings (SSSR count). The van der Waals surface area contributed by atoms with Crippen LogP contribution in [0.25, 0.3) is 0 Å². The maximum atomic E-state index is 12.8. The molecule has 3 aromatic rings. The average Bonchev–Trinajstić information content (AvgIpc) is 2.68. The normalized spacial score (nSPS) is 11.1. The minimum absolute atomic E-state index is 0.0177. The standard InChI is InChI=1S/C21H15ClF3NO2/c22-18-11-8-16(21(23,24)25)12-19(18)26-20(27)15-6-9-17(10-7-15)28-13-14-4-2-1-3-5-14/h1-12H,13H2,(H,26,27). The van der Waals surface area contributed by atoms with E-state index in [0.29, 0.717) is 12.4 Å². The van der Waals surface area contributed by atoms with Crippen molar-refractivity contribution < 1.29 is 22.7 Å². The highest BCUT2D eigenvalue weighted by Gasteiger charge is 2.31. The molecule has 3 aromatic carbocycles. The third-order valence-corrected chi connectivity index (χ3v) is 4.24. The van der Waals surface area contributed by atoms with E-state index in [2.05, 4.69) is 5.32 Å². The van der Waals surface area contributed by atoms with Gasteiger partial charge in [-0.15, -0.1) is 0 Å². The van der Waals surface area contributed by atoms with Crippen molar-refractivity contribution in [3.8, 4) is 5.75 Å². The Balaban J connectivity index is 1.66. The first-order valence-electron chi connectivity index (χ1n) is 8.28. The summed E-state index contributed by atoms with van der Waals surface area (Å²) < 4.78 is 44.1. The van der Waals surface area contributed by atoms with Gasteiger partial charge in [0, 0.05) is 5.56 Å². The zero-order chi connectivity index (χ0) is 20.1. The van der Waals surface area contributed by atoms with Crippen molar-refractivity contribution in [1.82, 2.24) is 0 Å². The van der Waals surface area contributed by atoms with Crippen molar-refractivity contribution in [1.29, 1.82) is 0 Å². The van der Waals surface area contributed by atoms with E-state index in [1.54, 1.807) is 12.1 Å². The van der Waals surface area contributed by atoms with Gasteiger partial charge >= 0.3 is 6.18 Å². The Bertz CT molecular complexity index is 958. The Morgan fingerprint density at radius 3 is 2.29 bits per heavy atom. The molecule has 0 aliphatic heterocycles. The predicted octanol–water partition coefficient (Wildman–Crippen LogP) is 6.19. The average molecular weight is 406 g/mol. The number of hydrogen-bond acceptors (Lipinski definition) is 2.